The third kappa shape index (κ3) is 4.15. The molecule has 1 aliphatic heterocycles. The van der Waals surface area contributed by atoms with Crippen molar-refractivity contribution >= 4 is 11.0 Å². The molecular weight excluding hydrogens is 398 g/mol. The Morgan fingerprint density at radius 1 is 1.03 bits per heavy atom. The number of piperidine rings is 1. The highest BCUT2D eigenvalue weighted by molar-refractivity contribution is 5.76. The van der Waals surface area contributed by atoms with Crippen LogP contribution in [-0.2, 0) is 20.0 Å². The van der Waals surface area contributed by atoms with Crippen molar-refractivity contribution in [3.63, 3.8) is 0 Å². The van der Waals surface area contributed by atoms with Gasteiger partial charge in [0.15, 0.2) is 0 Å². The Balaban J connectivity index is 1.36. The normalized spacial score (nSPS) is 15.5. The summed E-state index contributed by atoms with van der Waals surface area (Å²) in [5, 5.41) is 4.50. The molecule has 2 aromatic carbocycles. The van der Waals surface area contributed by atoms with Gasteiger partial charge < -0.3 is 9.30 Å². The van der Waals surface area contributed by atoms with Crippen LogP contribution >= 0.6 is 0 Å². The van der Waals surface area contributed by atoms with Crippen LogP contribution < -0.4 is 4.74 Å². The molecule has 3 heterocycles. The quantitative estimate of drug-likeness (QED) is 0.452. The van der Waals surface area contributed by atoms with E-state index in [4.69, 9.17) is 9.72 Å². The average Bonchev–Trinajstić information content (AvgIpc) is 3.33. The summed E-state index contributed by atoms with van der Waals surface area (Å²) < 4.78 is 9.74. The molecule has 0 atom stereocenters. The third-order valence-corrected chi connectivity index (χ3v) is 6.62. The van der Waals surface area contributed by atoms with Gasteiger partial charge in [-0.25, -0.2) is 4.98 Å². The number of likely N-dealkylation sites (tertiary alicyclic amines) is 1. The van der Waals surface area contributed by atoms with Crippen LogP contribution in [0.2, 0.25) is 0 Å². The highest BCUT2D eigenvalue weighted by Gasteiger charge is 2.25. The summed E-state index contributed by atoms with van der Waals surface area (Å²) in [6, 6.07) is 17.4. The highest BCUT2D eigenvalue weighted by Crippen LogP contribution is 2.30. The number of aryl methyl sites for hydroxylation is 2. The zero-order valence-corrected chi connectivity index (χ0v) is 19.2. The Morgan fingerprint density at radius 3 is 2.47 bits per heavy atom. The van der Waals surface area contributed by atoms with E-state index in [-0.39, 0.29) is 0 Å². The maximum atomic E-state index is 5.32. The first-order chi connectivity index (χ1) is 15.6. The Labute approximate surface area is 189 Å². The van der Waals surface area contributed by atoms with E-state index in [9.17, 15) is 0 Å². The van der Waals surface area contributed by atoms with E-state index in [0.29, 0.717) is 6.04 Å². The first kappa shape index (κ1) is 20.8. The van der Waals surface area contributed by atoms with Crippen LogP contribution in [0.1, 0.15) is 41.5 Å². The monoisotopic (exact) mass is 429 g/mol. The number of fused-ring (bicyclic) bond motifs is 1. The zero-order chi connectivity index (χ0) is 22.1. The molecule has 4 aromatic rings. The fraction of sp³-hybridized carbons (Fsp3) is 0.385. The van der Waals surface area contributed by atoms with Gasteiger partial charge in [-0.05, 0) is 49.6 Å². The van der Waals surface area contributed by atoms with Crippen LogP contribution in [-0.4, -0.2) is 44.4 Å². The smallest absolute Gasteiger partial charge is 0.118 e. The molecule has 0 unspecified atom stereocenters. The second-order valence-electron chi connectivity index (χ2n) is 8.83. The van der Waals surface area contributed by atoms with Gasteiger partial charge >= 0.3 is 0 Å². The number of hydrogen-bond acceptors (Lipinski definition) is 4. The van der Waals surface area contributed by atoms with Crippen molar-refractivity contribution in [2.75, 3.05) is 20.2 Å². The number of nitrogens with zero attached hydrogens (tertiary/aromatic N) is 5. The Kier molecular flexibility index (Phi) is 5.70. The van der Waals surface area contributed by atoms with Gasteiger partial charge in [-0.3, -0.25) is 9.58 Å². The van der Waals surface area contributed by atoms with Gasteiger partial charge in [-0.2, -0.15) is 5.10 Å². The van der Waals surface area contributed by atoms with E-state index in [2.05, 4.69) is 64.1 Å². The molecule has 1 saturated heterocycles. The largest absolute Gasteiger partial charge is 0.497 e. The summed E-state index contributed by atoms with van der Waals surface area (Å²) in [4.78, 5) is 7.59. The van der Waals surface area contributed by atoms with Gasteiger partial charge in [0.05, 0.1) is 23.8 Å². The van der Waals surface area contributed by atoms with E-state index in [1.54, 1.807) is 7.11 Å². The minimum Gasteiger partial charge on any atom is -0.497 e. The van der Waals surface area contributed by atoms with Crippen molar-refractivity contribution in [1.82, 2.24) is 24.2 Å². The van der Waals surface area contributed by atoms with Crippen molar-refractivity contribution in [2.45, 2.75) is 38.8 Å². The standard InChI is InChI=1S/C26H31N5O/c1-19-21(17-29(2)28-19)18-30-14-12-22(13-15-30)31-25-7-5-4-6-24(25)27-26(31)16-20-8-10-23(32-3)11-9-20/h4-11,17,22H,12-16,18H2,1-3H3. The van der Waals surface area contributed by atoms with Crippen LogP contribution in [0.3, 0.4) is 0 Å². The van der Waals surface area contributed by atoms with E-state index in [1.807, 2.05) is 23.9 Å². The van der Waals surface area contributed by atoms with Gasteiger partial charge in [-0.1, -0.05) is 24.3 Å². The van der Waals surface area contributed by atoms with Gasteiger partial charge in [0.25, 0.3) is 0 Å². The molecule has 0 bridgehead atoms. The van der Waals surface area contributed by atoms with Crippen LogP contribution in [0.5, 0.6) is 5.75 Å². The van der Waals surface area contributed by atoms with E-state index in [1.165, 1.54) is 16.6 Å². The van der Waals surface area contributed by atoms with Crippen LogP contribution in [0.4, 0.5) is 0 Å². The summed E-state index contributed by atoms with van der Waals surface area (Å²) in [5.74, 6) is 2.04. The molecule has 0 aliphatic carbocycles. The molecule has 0 amide bonds. The highest BCUT2D eigenvalue weighted by atomic mass is 16.5. The summed E-state index contributed by atoms with van der Waals surface area (Å²) in [6.45, 7) is 5.27. The van der Waals surface area contributed by atoms with Gasteiger partial charge in [0.2, 0.25) is 0 Å². The van der Waals surface area contributed by atoms with E-state index >= 15 is 0 Å². The lowest BCUT2D eigenvalue weighted by molar-refractivity contribution is 0.180. The SMILES string of the molecule is COc1ccc(Cc2nc3ccccc3n2C2CCN(Cc3cn(C)nc3C)CC2)cc1. The lowest BCUT2D eigenvalue weighted by atomic mass is 10.0. The number of methoxy groups -OCH3 is 1. The van der Waals surface area contributed by atoms with Crippen LogP contribution in [0.15, 0.2) is 54.7 Å². The van der Waals surface area contributed by atoms with Crippen molar-refractivity contribution in [3.8, 4) is 5.75 Å². The maximum absolute atomic E-state index is 5.32. The molecule has 166 valence electrons. The van der Waals surface area contributed by atoms with E-state index < -0.39 is 0 Å². The predicted molar refractivity (Wildman–Crippen MR) is 127 cm³/mol. The number of para-hydroxylation sites is 2. The molecule has 32 heavy (non-hydrogen) atoms. The minimum absolute atomic E-state index is 0.474. The Bertz CT molecular complexity index is 1200. The zero-order valence-electron chi connectivity index (χ0n) is 19.2. The second-order valence-corrected chi connectivity index (χ2v) is 8.83. The van der Waals surface area contributed by atoms with Crippen LogP contribution in [0.25, 0.3) is 11.0 Å². The fourth-order valence-electron chi connectivity index (χ4n) is 4.93. The molecule has 0 saturated carbocycles. The molecular formula is C26H31N5O. The number of ether oxygens (including phenoxy) is 1. The Morgan fingerprint density at radius 2 is 1.78 bits per heavy atom. The molecule has 2 aromatic heterocycles. The summed E-state index contributed by atoms with van der Waals surface area (Å²) in [7, 11) is 3.70. The molecule has 0 spiro atoms. The molecule has 5 rings (SSSR count). The van der Waals surface area contributed by atoms with Crippen LogP contribution in [0, 0.1) is 6.92 Å². The number of hydrogen-bond donors (Lipinski definition) is 0. The fourth-order valence-corrected chi connectivity index (χ4v) is 4.93. The number of rotatable bonds is 6. The average molecular weight is 430 g/mol. The summed E-state index contributed by atoms with van der Waals surface area (Å²) >= 11 is 0. The first-order valence-electron chi connectivity index (χ1n) is 11.4. The van der Waals surface area contributed by atoms with Crippen molar-refractivity contribution in [3.05, 3.63) is 77.4 Å². The van der Waals surface area contributed by atoms with Gasteiger partial charge in [-0.15, -0.1) is 0 Å². The summed E-state index contributed by atoms with van der Waals surface area (Å²) in [5.41, 5.74) is 6.06. The topological polar surface area (TPSA) is 48.1 Å². The van der Waals surface area contributed by atoms with Crippen molar-refractivity contribution in [1.29, 1.82) is 0 Å². The number of benzene rings is 2. The molecule has 0 N–H and O–H groups in total. The molecule has 1 fully saturated rings. The van der Waals surface area contributed by atoms with Crippen molar-refractivity contribution < 1.29 is 4.74 Å². The lowest BCUT2D eigenvalue weighted by Crippen LogP contribution is -2.34. The van der Waals surface area contributed by atoms with Gasteiger partial charge in [0, 0.05) is 50.9 Å². The predicted octanol–water partition coefficient (Wildman–Crippen LogP) is 4.51. The van der Waals surface area contributed by atoms with E-state index in [0.717, 1.165) is 61.7 Å². The summed E-state index contributed by atoms with van der Waals surface area (Å²) in [6.07, 6.45) is 5.25. The number of imidazole rings is 1. The first-order valence-corrected chi connectivity index (χ1v) is 11.4. The lowest BCUT2D eigenvalue weighted by Gasteiger charge is -2.33. The van der Waals surface area contributed by atoms with Crippen molar-refractivity contribution in [2.24, 2.45) is 7.05 Å². The molecule has 6 nitrogen and oxygen atoms in total. The number of aromatic nitrogens is 4. The molecule has 6 heteroatoms. The Hall–Kier alpha value is -3.12. The minimum atomic E-state index is 0.474. The third-order valence-electron chi connectivity index (χ3n) is 6.62. The van der Waals surface area contributed by atoms with Gasteiger partial charge in [0.1, 0.15) is 11.6 Å². The second kappa shape index (κ2) is 8.79. The molecule has 0 radical (unpaired) electrons. The maximum Gasteiger partial charge on any atom is 0.118 e. The molecule has 1 aliphatic rings.